The number of benzene rings is 1. The van der Waals surface area contributed by atoms with Crippen LogP contribution in [-0.4, -0.2) is 30.5 Å². The second-order valence-corrected chi connectivity index (χ2v) is 4.98. The Labute approximate surface area is 109 Å². The Bertz CT molecular complexity index is 437. The molecule has 1 saturated heterocycles. The molecule has 0 radical (unpaired) electrons. The monoisotopic (exact) mass is 298 g/mol. The van der Waals surface area contributed by atoms with E-state index in [0.717, 1.165) is 23.0 Å². The van der Waals surface area contributed by atoms with Crippen LogP contribution in [0.2, 0.25) is 0 Å². The second-order valence-electron chi connectivity index (χ2n) is 4.12. The van der Waals surface area contributed by atoms with Crippen molar-refractivity contribution in [3.8, 4) is 5.75 Å². The van der Waals surface area contributed by atoms with Gasteiger partial charge < -0.3 is 15.4 Å². The molecule has 0 saturated carbocycles. The van der Waals surface area contributed by atoms with E-state index in [4.69, 9.17) is 10.5 Å². The van der Waals surface area contributed by atoms with Gasteiger partial charge in [-0.1, -0.05) is 6.07 Å². The predicted octanol–water partition coefficient (Wildman–Crippen LogP) is 1.52. The Morgan fingerprint density at radius 2 is 2.35 bits per heavy atom. The molecule has 17 heavy (non-hydrogen) atoms. The third kappa shape index (κ3) is 2.61. The van der Waals surface area contributed by atoms with Crippen LogP contribution in [0.1, 0.15) is 12.0 Å². The molecule has 1 heterocycles. The third-order valence-electron chi connectivity index (χ3n) is 2.88. The summed E-state index contributed by atoms with van der Waals surface area (Å²) in [4.78, 5) is 13.4. The van der Waals surface area contributed by atoms with Crippen LogP contribution in [0.15, 0.2) is 22.7 Å². The largest absolute Gasteiger partial charge is 0.479 e. The quantitative estimate of drug-likeness (QED) is 0.920. The molecule has 1 aromatic rings. The summed E-state index contributed by atoms with van der Waals surface area (Å²) in [5.74, 6) is 0.732. The van der Waals surface area contributed by atoms with Crippen molar-refractivity contribution in [3.05, 3.63) is 28.2 Å². The fourth-order valence-corrected chi connectivity index (χ4v) is 2.34. The molecule has 2 rings (SSSR count). The van der Waals surface area contributed by atoms with E-state index in [1.807, 2.05) is 18.2 Å². The van der Waals surface area contributed by atoms with Crippen LogP contribution in [0, 0.1) is 0 Å². The first-order valence-electron chi connectivity index (χ1n) is 5.52. The third-order valence-corrected chi connectivity index (χ3v) is 3.50. The molecule has 0 spiro atoms. The van der Waals surface area contributed by atoms with Crippen molar-refractivity contribution in [2.75, 3.05) is 13.6 Å². The molecule has 1 aliphatic rings. The van der Waals surface area contributed by atoms with Crippen LogP contribution in [0.5, 0.6) is 5.75 Å². The minimum absolute atomic E-state index is 0.0415. The molecule has 1 unspecified atom stereocenters. The van der Waals surface area contributed by atoms with Gasteiger partial charge in [-0.25, -0.2) is 0 Å². The Morgan fingerprint density at radius 1 is 1.59 bits per heavy atom. The predicted molar refractivity (Wildman–Crippen MR) is 68.7 cm³/mol. The second kappa shape index (κ2) is 5.06. The molecule has 1 aromatic carbocycles. The lowest BCUT2D eigenvalue weighted by molar-refractivity contribution is -0.132. The number of carbonyl (C=O) groups excluding carboxylic acids is 1. The standard InChI is InChI=1S/C12H15BrN2O2/c1-15-5-4-11(12(15)16)17-10-3-2-8(7-14)6-9(10)13/h2-3,6,11H,4-5,7,14H2,1H3. The first kappa shape index (κ1) is 12.4. The minimum atomic E-state index is -0.361. The van der Waals surface area contributed by atoms with Gasteiger partial charge in [-0.15, -0.1) is 0 Å². The minimum Gasteiger partial charge on any atom is -0.479 e. The number of rotatable bonds is 3. The first-order chi connectivity index (χ1) is 8.11. The molecule has 2 N–H and O–H groups in total. The highest BCUT2D eigenvalue weighted by Crippen LogP contribution is 2.28. The average molecular weight is 299 g/mol. The van der Waals surface area contributed by atoms with E-state index in [2.05, 4.69) is 15.9 Å². The van der Waals surface area contributed by atoms with Crippen molar-refractivity contribution in [1.82, 2.24) is 4.90 Å². The molecule has 0 aromatic heterocycles. The molecule has 5 heteroatoms. The van der Waals surface area contributed by atoms with Gasteiger partial charge in [0.1, 0.15) is 5.75 Å². The van der Waals surface area contributed by atoms with Gasteiger partial charge in [-0.3, -0.25) is 4.79 Å². The lowest BCUT2D eigenvalue weighted by Gasteiger charge is -2.14. The maximum atomic E-state index is 11.7. The van der Waals surface area contributed by atoms with Crippen molar-refractivity contribution in [2.45, 2.75) is 19.1 Å². The highest BCUT2D eigenvalue weighted by Gasteiger charge is 2.31. The van der Waals surface area contributed by atoms with Crippen molar-refractivity contribution < 1.29 is 9.53 Å². The number of hydrogen-bond acceptors (Lipinski definition) is 3. The summed E-state index contributed by atoms with van der Waals surface area (Å²) in [5.41, 5.74) is 6.58. The molecule has 0 bridgehead atoms. The molecule has 0 aliphatic carbocycles. The summed E-state index contributed by atoms with van der Waals surface area (Å²) in [6, 6.07) is 5.67. The summed E-state index contributed by atoms with van der Waals surface area (Å²) in [6.07, 6.45) is 0.375. The van der Waals surface area contributed by atoms with E-state index in [1.165, 1.54) is 0 Å². The summed E-state index contributed by atoms with van der Waals surface area (Å²) in [5, 5.41) is 0. The summed E-state index contributed by atoms with van der Waals surface area (Å²) in [6.45, 7) is 1.24. The SMILES string of the molecule is CN1CCC(Oc2ccc(CN)cc2Br)C1=O. The van der Waals surface area contributed by atoms with Crippen LogP contribution < -0.4 is 10.5 Å². The number of carbonyl (C=O) groups is 1. The molecular weight excluding hydrogens is 284 g/mol. The number of ether oxygens (including phenoxy) is 1. The Hall–Kier alpha value is -1.07. The lowest BCUT2D eigenvalue weighted by atomic mass is 10.2. The van der Waals surface area contributed by atoms with Crippen molar-refractivity contribution in [1.29, 1.82) is 0 Å². The van der Waals surface area contributed by atoms with E-state index in [0.29, 0.717) is 12.3 Å². The highest BCUT2D eigenvalue weighted by molar-refractivity contribution is 9.10. The number of nitrogens with two attached hydrogens (primary N) is 1. The summed E-state index contributed by atoms with van der Waals surface area (Å²) < 4.78 is 6.55. The summed E-state index contributed by atoms with van der Waals surface area (Å²) in [7, 11) is 1.79. The highest BCUT2D eigenvalue weighted by atomic mass is 79.9. The lowest BCUT2D eigenvalue weighted by Crippen LogP contribution is -2.29. The smallest absolute Gasteiger partial charge is 0.263 e. The molecule has 1 aliphatic heterocycles. The Balaban J connectivity index is 2.11. The van der Waals surface area contributed by atoms with Gasteiger partial charge in [0.15, 0.2) is 6.10 Å². The van der Waals surface area contributed by atoms with Crippen LogP contribution in [0.3, 0.4) is 0 Å². The number of hydrogen-bond donors (Lipinski definition) is 1. The molecular formula is C12H15BrN2O2. The van der Waals surface area contributed by atoms with E-state index < -0.39 is 0 Å². The Morgan fingerprint density at radius 3 is 2.88 bits per heavy atom. The van der Waals surface area contributed by atoms with Gasteiger partial charge >= 0.3 is 0 Å². The van der Waals surface area contributed by atoms with E-state index in [9.17, 15) is 4.79 Å². The number of amides is 1. The zero-order valence-electron chi connectivity index (χ0n) is 9.65. The van der Waals surface area contributed by atoms with Gasteiger partial charge in [-0.05, 0) is 33.6 Å². The van der Waals surface area contributed by atoms with Crippen molar-refractivity contribution in [3.63, 3.8) is 0 Å². The van der Waals surface area contributed by atoms with Gasteiger partial charge in [0, 0.05) is 26.6 Å². The first-order valence-corrected chi connectivity index (χ1v) is 6.31. The van der Waals surface area contributed by atoms with Gasteiger partial charge in [-0.2, -0.15) is 0 Å². The molecule has 1 atom stereocenters. The maximum absolute atomic E-state index is 11.7. The van der Waals surface area contributed by atoms with Crippen molar-refractivity contribution in [2.24, 2.45) is 5.73 Å². The van der Waals surface area contributed by atoms with Gasteiger partial charge in [0.05, 0.1) is 4.47 Å². The molecule has 4 nitrogen and oxygen atoms in total. The van der Waals surface area contributed by atoms with E-state index >= 15 is 0 Å². The zero-order chi connectivity index (χ0) is 12.4. The van der Waals surface area contributed by atoms with Crippen LogP contribution in [0.25, 0.3) is 0 Å². The summed E-state index contributed by atoms with van der Waals surface area (Å²) >= 11 is 3.42. The van der Waals surface area contributed by atoms with E-state index in [1.54, 1.807) is 11.9 Å². The van der Waals surface area contributed by atoms with E-state index in [-0.39, 0.29) is 12.0 Å². The fourth-order valence-electron chi connectivity index (χ4n) is 1.82. The molecule has 1 fully saturated rings. The van der Waals surface area contributed by atoms with Crippen LogP contribution >= 0.6 is 15.9 Å². The zero-order valence-corrected chi connectivity index (χ0v) is 11.2. The topological polar surface area (TPSA) is 55.6 Å². The Kier molecular flexibility index (Phi) is 3.69. The number of likely N-dealkylation sites (tertiary alicyclic amines) is 1. The molecule has 92 valence electrons. The van der Waals surface area contributed by atoms with Gasteiger partial charge in [0.25, 0.3) is 5.91 Å². The van der Waals surface area contributed by atoms with Crippen molar-refractivity contribution >= 4 is 21.8 Å². The normalized spacial score (nSPS) is 19.8. The average Bonchev–Trinajstić information content (AvgIpc) is 2.63. The van der Waals surface area contributed by atoms with Crippen LogP contribution in [-0.2, 0) is 11.3 Å². The maximum Gasteiger partial charge on any atom is 0.263 e. The van der Waals surface area contributed by atoms with Gasteiger partial charge in [0.2, 0.25) is 0 Å². The fraction of sp³-hybridized carbons (Fsp3) is 0.417. The number of halogens is 1. The number of likely N-dealkylation sites (N-methyl/N-ethyl adjacent to an activating group) is 1. The number of nitrogens with zero attached hydrogens (tertiary/aromatic N) is 1. The van der Waals surface area contributed by atoms with Crippen LogP contribution in [0.4, 0.5) is 0 Å². The molecule has 1 amide bonds.